The third-order valence-electron chi connectivity index (χ3n) is 2.38. The van der Waals surface area contributed by atoms with E-state index in [0.29, 0.717) is 5.69 Å². The van der Waals surface area contributed by atoms with Crippen LogP contribution in [0.1, 0.15) is 11.3 Å². The van der Waals surface area contributed by atoms with Crippen molar-refractivity contribution in [2.45, 2.75) is 12.7 Å². The van der Waals surface area contributed by atoms with Gasteiger partial charge in [0.2, 0.25) is 0 Å². The minimum Gasteiger partial charge on any atom is -0.309 e. The van der Waals surface area contributed by atoms with Crippen LogP contribution in [-0.2, 0) is 12.7 Å². The molecule has 0 aliphatic carbocycles. The Morgan fingerprint density at radius 2 is 1.94 bits per heavy atom. The zero-order chi connectivity index (χ0) is 13.2. The molecule has 0 spiro atoms. The molecule has 6 heteroatoms. The van der Waals surface area contributed by atoms with E-state index in [-0.39, 0.29) is 6.54 Å². The van der Waals surface area contributed by atoms with E-state index in [1.807, 2.05) is 0 Å². The molecule has 0 aliphatic rings. The Kier molecular flexibility index (Phi) is 3.18. The van der Waals surface area contributed by atoms with Crippen molar-refractivity contribution in [3.05, 3.63) is 64.3 Å². The largest absolute Gasteiger partial charge is 0.421 e. The zero-order valence-corrected chi connectivity index (χ0v) is 9.19. The van der Waals surface area contributed by atoms with Crippen LogP contribution in [0.5, 0.6) is 0 Å². The molecule has 0 atom stereocenters. The van der Waals surface area contributed by atoms with Crippen molar-refractivity contribution in [3.63, 3.8) is 0 Å². The summed E-state index contributed by atoms with van der Waals surface area (Å²) in [5.74, 6) is 0. The van der Waals surface area contributed by atoms with Crippen molar-refractivity contribution in [1.29, 1.82) is 0 Å². The van der Waals surface area contributed by atoms with E-state index in [1.165, 1.54) is 18.5 Å². The highest BCUT2D eigenvalue weighted by atomic mass is 19.4. The van der Waals surface area contributed by atoms with Crippen LogP contribution in [0.15, 0.2) is 47.5 Å². The average Bonchev–Trinajstić information content (AvgIpc) is 2.32. The molecule has 0 bridgehead atoms. The molecule has 2 heterocycles. The third-order valence-corrected chi connectivity index (χ3v) is 2.38. The number of pyridine rings is 2. The van der Waals surface area contributed by atoms with Crippen LogP contribution in [-0.4, -0.2) is 9.55 Å². The lowest BCUT2D eigenvalue weighted by Crippen LogP contribution is -2.28. The van der Waals surface area contributed by atoms with Crippen LogP contribution >= 0.6 is 0 Å². The molecule has 94 valence electrons. The van der Waals surface area contributed by atoms with Crippen LogP contribution in [0.4, 0.5) is 13.2 Å². The molecule has 0 radical (unpaired) electrons. The van der Waals surface area contributed by atoms with Gasteiger partial charge in [0.15, 0.2) is 0 Å². The van der Waals surface area contributed by atoms with Crippen LogP contribution in [0.3, 0.4) is 0 Å². The number of rotatable bonds is 2. The van der Waals surface area contributed by atoms with Gasteiger partial charge in [0.1, 0.15) is 5.56 Å². The Labute approximate surface area is 101 Å². The van der Waals surface area contributed by atoms with Crippen LogP contribution < -0.4 is 5.56 Å². The lowest BCUT2D eigenvalue weighted by Gasteiger charge is -2.09. The first-order valence-electron chi connectivity index (χ1n) is 5.15. The van der Waals surface area contributed by atoms with Gasteiger partial charge in [-0.15, -0.1) is 0 Å². The van der Waals surface area contributed by atoms with Gasteiger partial charge in [0.25, 0.3) is 5.56 Å². The summed E-state index contributed by atoms with van der Waals surface area (Å²) in [5, 5.41) is 0. The number of nitrogens with zero attached hydrogens (tertiary/aromatic N) is 2. The molecule has 0 saturated carbocycles. The summed E-state index contributed by atoms with van der Waals surface area (Å²) in [4.78, 5) is 15.6. The Hall–Kier alpha value is -2.11. The van der Waals surface area contributed by atoms with Crippen molar-refractivity contribution in [2.75, 3.05) is 0 Å². The molecule has 3 nitrogen and oxygen atoms in total. The van der Waals surface area contributed by atoms with Crippen molar-refractivity contribution < 1.29 is 13.2 Å². The van der Waals surface area contributed by atoms with Crippen molar-refractivity contribution in [1.82, 2.24) is 9.55 Å². The van der Waals surface area contributed by atoms with Gasteiger partial charge in [-0.2, -0.15) is 13.2 Å². The molecule has 0 saturated heterocycles. The summed E-state index contributed by atoms with van der Waals surface area (Å²) in [6, 6.07) is 7.02. The molecule has 0 fully saturated rings. The number of hydrogen-bond acceptors (Lipinski definition) is 2. The van der Waals surface area contributed by atoms with E-state index < -0.39 is 17.3 Å². The molecule has 0 unspecified atom stereocenters. The highest BCUT2D eigenvalue weighted by Crippen LogP contribution is 2.25. The second kappa shape index (κ2) is 4.64. The number of alkyl halides is 3. The SMILES string of the molecule is O=c1c(C(F)(F)F)cccn1Cc1ccccn1. The molecule has 18 heavy (non-hydrogen) atoms. The summed E-state index contributed by atoms with van der Waals surface area (Å²) in [6.07, 6.45) is -1.80. The maximum Gasteiger partial charge on any atom is 0.421 e. The average molecular weight is 254 g/mol. The molecule has 2 aromatic rings. The first-order chi connectivity index (χ1) is 8.48. The van der Waals surface area contributed by atoms with Gasteiger partial charge in [-0.3, -0.25) is 9.78 Å². The zero-order valence-electron chi connectivity index (χ0n) is 9.19. The van der Waals surface area contributed by atoms with Gasteiger partial charge in [0.05, 0.1) is 12.2 Å². The maximum atomic E-state index is 12.5. The molecule has 0 amide bonds. The van der Waals surface area contributed by atoms with Gasteiger partial charge < -0.3 is 4.57 Å². The Bertz CT molecular complexity index is 590. The van der Waals surface area contributed by atoms with Gasteiger partial charge in [-0.05, 0) is 24.3 Å². The van der Waals surface area contributed by atoms with Gasteiger partial charge >= 0.3 is 6.18 Å². The van der Waals surface area contributed by atoms with E-state index in [0.717, 1.165) is 10.6 Å². The Morgan fingerprint density at radius 1 is 1.17 bits per heavy atom. The molecular formula is C12H9F3N2O. The van der Waals surface area contributed by atoms with E-state index in [4.69, 9.17) is 0 Å². The summed E-state index contributed by atoms with van der Waals surface area (Å²) in [6.45, 7) is 0.0175. The highest BCUT2D eigenvalue weighted by molar-refractivity contribution is 5.15. The summed E-state index contributed by atoms with van der Waals surface area (Å²) in [7, 11) is 0. The van der Waals surface area contributed by atoms with Crippen LogP contribution in [0, 0.1) is 0 Å². The summed E-state index contributed by atoms with van der Waals surface area (Å²) in [5.41, 5.74) is -1.70. The maximum absolute atomic E-state index is 12.5. The lowest BCUT2D eigenvalue weighted by molar-refractivity contribution is -0.138. The third kappa shape index (κ3) is 2.58. The highest BCUT2D eigenvalue weighted by Gasteiger charge is 2.34. The Morgan fingerprint density at radius 3 is 2.56 bits per heavy atom. The fourth-order valence-electron chi connectivity index (χ4n) is 1.54. The first-order valence-corrected chi connectivity index (χ1v) is 5.15. The van der Waals surface area contributed by atoms with Crippen molar-refractivity contribution in [3.8, 4) is 0 Å². The molecule has 0 N–H and O–H groups in total. The number of hydrogen-bond donors (Lipinski definition) is 0. The van der Waals surface area contributed by atoms with Gasteiger partial charge in [-0.1, -0.05) is 6.07 Å². The minimum atomic E-state index is -4.63. The molecule has 2 aromatic heterocycles. The first kappa shape index (κ1) is 12.3. The predicted octanol–water partition coefficient (Wildman–Crippen LogP) is 2.31. The fourth-order valence-corrected chi connectivity index (χ4v) is 1.54. The quantitative estimate of drug-likeness (QED) is 0.824. The molecule has 0 aromatic carbocycles. The summed E-state index contributed by atoms with van der Waals surface area (Å²) < 4.78 is 38.6. The monoisotopic (exact) mass is 254 g/mol. The fraction of sp³-hybridized carbons (Fsp3) is 0.167. The topological polar surface area (TPSA) is 34.9 Å². The summed E-state index contributed by atoms with van der Waals surface area (Å²) >= 11 is 0. The lowest BCUT2D eigenvalue weighted by atomic mass is 10.2. The van der Waals surface area contributed by atoms with Crippen molar-refractivity contribution in [2.24, 2.45) is 0 Å². The van der Waals surface area contributed by atoms with E-state index in [2.05, 4.69) is 4.98 Å². The smallest absolute Gasteiger partial charge is 0.309 e. The predicted molar refractivity (Wildman–Crippen MR) is 59.0 cm³/mol. The van der Waals surface area contributed by atoms with Crippen LogP contribution in [0.25, 0.3) is 0 Å². The van der Waals surface area contributed by atoms with Gasteiger partial charge in [-0.25, -0.2) is 0 Å². The molecule has 2 rings (SSSR count). The van der Waals surface area contributed by atoms with E-state index >= 15 is 0 Å². The second-order valence-corrected chi connectivity index (χ2v) is 3.67. The van der Waals surface area contributed by atoms with Gasteiger partial charge in [0, 0.05) is 12.4 Å². The normalized spacial score (nSPS) is 11.5. The number of halogens is 3. The molecule has 0 aliphatic heterocycles. The van der Waals surface area contributed by atoms with Crippen LogP contribution in [0.2, 0.25) is 0 Å². The van der Waals surface area contributed by atoms with E-state index in [9.17, 15) is 18.0 Å². The molecular weight excluding hydrogens is 245 g/mol. The Balaban J connectivity index is 2.39. The van der Waals surface area contributed by atoms with E-state index in [1.54, 1.807) is 18.2 Å². The minimum absolute atomic E-state index is 0.0175. The number of aromatic nitrogens is 2. The second-order valence-electron chi connectivity index (χ2n) is 3.67. The standard InChI is InChI=1S/C12H9F3N2O/c13-12(14,15)10-5-3-7-17(11(10)18)8-9-4-1-2-6-16-9/h1-7H,8H2. The van der Waals surface area contributed by atoms with Crippen molar-refractivity contribution >= 4 is 0 Å².